The van der Waals surface area contributed by atoms with Gasteiger partial charge in [0.2, 0.25) is 0 Å². The smallest absolute Gasteiger partial charge is 0.410 e. The maximum atomic E-state index is 10.1. The minimum absolute atomic E-state index is 0.0969. The van der Waals surface area contributed by atoms with E-state index in [1.165, 1.54) is 12.3 Å². The molecule has 1 amide bonds. The average Bonchev–Trinajstić information content (AvgIpc) is 2.05. The fourth-order valence-corrected chi connectivity index (χ4v) is 0.702. The second-order valence-corrected chi connectivity index (χ2v) is 2.14. The number of carboxylic acid groups (broad SMARTS) is 1. The summed E-state index contributed by atoms with van der Waals surface area (Å²) in [6.45, 7) is -0.0969. The van der Waals surface area contributed by atoms with Gasteiger partial charge in [-0.15, -0.1) is 0 Å². The van der Waals surface area contributed by atoms with Gasteiger partial charge in [-0.2, -0.15) is 0 Å². The lowest BCUT2D eigenvalue weighted by Crippen LogP contribution is -2.08. The molecule has 1 heterocycles. The number of carbonyl (C=O) groups is 1. The van der Waals surface area contributed by atoms with Gasteiger partial charge in [0.05, 0.1) is 6.61 Å². The number of pyridine rings is 1. The van der Waals surface area contributed by atoms with Crippen molar-refractivity contribution in [3.8, 4) is 0 Å². The molecule has 0 saturated carbocycles. The number of nitrogens with zero attached hydrogens (tertiary/aromatic N) is 1. The van der Waals surface area contributed by atoms with Crippen LogP contribution in [0.3, 0.4) is 0 Å². The van der Waals surface area contributed by atoms with Gasteiger partial charge in [-0.25, -0.2) is 9.78 Å². The Labute approximate surface area is 68.7 Å². The van der Waals surface area contributed by atoms with E-state index in [9.17, 15) is 4.79 Å². The van der Waals surface area contributed by atoms with Crippen LogP contribution in [-0.2, 0) is 6.61 Å². The molecule has 1 aromatic rings. The fourth-order valence-electron chi connectivity index (χ4n) is 0.702. The molecule has 0 aromatic carbocycles. The maximum Gasteiger partial charge on any atom is 0.410 e. The van der Waals surface area contributed by atoms with Crippen molar-refractivity contribution < 1.29 is 15.0 Å². The first-order valence-electron chi connectivity index (χ1n) is 3.28. The van der Waals surface area contributed by atoms with Crippen molar-refractivity contribution in [2.45, 2.75) is 6.61 Å². The normalized spacial score (nSPS) is 9.42. The molecular weight excluding hydrogens is 160 g/mol. The summed E-state index contributed by atoms with van der Waals surface area (Å²) in [5, 5.41) is 19.0. The monoisotopic (exact) mass is 168 g/mol. The Hall–Kier alpha value is -1.62. The zero-order chi connectivity index (χ0) is 8.97. The Kier molecular flexibility index (Phi) is 2.60. The Bertz CT molecular complexity index is 270. The van der Waals surface area contributed by atoms with Crippen LogP contribution in [0.2, 0.25) is 0 Å². The van der Waals surface area contributed by atoms with Gasteiger partial charge < -0.3 is 10.2 Å². The second kappa shape index (κ2) is 3.68. The molecule has 0 aliphatic rings. The van der Waals surface area contributed by atoms with E-state index in [1.807, 2.05) is 0 Å². The minimum atomic E-state index is -1.15. The van der Waals surface area contributed by atoms with E-state index in [-0.39, 0.29) is 12.4 Å². The lowest BCUT2D eigenvalue weighted by atomic mass is 10.3. The third-order valence-corrected chi connectivity index (χ3v) is 1.24. The molecule has 0 atom stereocenters. The van der Waals surface area contributed by atoms with E-state index in [1.54, 1.807) is 6.07 Å². The molecule has 5 nitrogen and oxygen atoms in total. The number of nitrogens with one attached hydrogen (secondary N) is 1. The molecule has 12 heavy (non-hydrogen) atoms. The molecule has 0 fully saturated rings. The zero-order valence-electron chi connectivity index (χ0n) is 6.19. The second-order valence-electron chi connectivity index (χ2n) is 2.14. The summed E-state index contributed by atoms with van der Waals surface area (Å²) >= 11 is 0. The van der Waals surface area contributed by atoms with Crippen LogP contribution in [0.4, 0.5) is 10.6 Å². The molecule has 5 heteroatoms. The Morgan fingerprint density at radius 1 is 1.58 bits per heavy atom. The summed E-state index contributed by atoms with van der Waals surface area (Å²) in [4.78, 5) is 13.9. The van der Waals surface area contributed by atoms with Crippen LogP contribution in [0.25, 0.3) is 0 Å². The number of hydrogen-bond acceptors (Lipinski definition) is 3. The van der Waals surface area contributed by atoms with Crippen LogP contribution in [0, 0.1) is 0 Å². The number of aliphatic hydroxyl groups is 1. The molecule has 64 valence electrons. The molecule has 0 bridgehead atoms. The van der Waals surface area contributed by atoms with Crippen molar-refractivity contribution in [1.29, 1.82) is 0 Å². The lowest BCUT2D eigenvalue weighted by molar-refractivity contribution is 0.209. The van der Waals surface area contributed by atoms with Gasteiger partial charge in [-0.1, -0.05) is 6.07 Å². The molecule has 0 saturated heterocycles. The van der Waals surface area contributed by atoms with Gasteiger partial charge in [0.25, 0.3) is 0 Å². The molecule has 0 aliphatic carbocycles. The van der Waals surface area contributed by atoms with Crippen LogP contribution in [0.1, 0.15) is 5.56 Å². The summed E-state index contributed by atoms with van der Waals surface area (Å²) in [6, 6.07) is 3.08. The first-order valence-corrected chi connectivity index (χ1v) is 3.28. The van der Waals surface area contributed by atoms with Crippen molar-refractivity contribution in [2.75, 3.05) is 5.32 Å². The first kappa shape index (κ1) is 8.48. The Morgan fingerprint density at radius 2 is 2.33 bits per heavy atom. The van der Waals surface area contributed by atoms with Crippen LogP contribution in [0.5, 0.6) is 0 Å². The number of aromatic nitrogens is 1. The van der Waals surface area contributed by atoms with Crippen molar-refractivity contribution in [1.82, 2.24) is 4.98 Å². The highest BCUT2D eigenvalue weighted by molar-refractivity contribution is 5.81. The summed E-state index contributed by atoms with van der Waals surface area (Å²) in [7, 11) is 0. The van der Waals surface area contributed by atoms with E-state index >= 15 is 0 Å². The third-order valence-electron chi connectivity index (χ3n) is 1.24. The molecule has 3 N–H and O–H groups in total. The van der Waals surface area contributed by atoms with E-state index in [4.69, 9.17) is 10.2 Å². The Morgan fingerprint density at radius 3 is 2.75 bits per heavy atom. The van der Waals surface area contributed by atoms with Gasteiger partial charge >= 0.3 is 6.09 Å². The van der Waals surface area contributed by atoms with Gasteiger partial charge in [0.1, 0.15) is 5.82 Å². The number of rotatable bonds is 2. The van der Waals surface area contributed by atoms with Crippen molar-refractivity contribution in [3.63, 3.8) is 0 Å². The van der Waals surface area contributed by atoms with E-state index in [0.717, 1.165) is 0 Å². The predicted octanol–water partition coefficient (Wildman–Crippen LogP) is 0.664. The SMILES string of the molecule is O=C(O)Nc1ccc(CO)cn1. The molecule has 1 aromatic heterocycles. The highest BCUT2D eigenvalue weighted by atomic mass is 16.4. The predicted molar refractivity (Wildman–Crippen MR) is 41.8 cm³/mol. The summed E-state index contributed by atoms with van der Waals surface area (Å²) in [5.41, 5.74) is 0.644. The summed E-state index contributed by atoms with van der Waals surface area (Å²) in [6.07, 6.45) is 0.255. The average molecular weight is 168 g/mol. The maximum absolute atomic E-state index is 10.1. The molecular formula is C7H8N2O3. The van der Waals surface area contributed by atoms with E-state index in [0.29, 0.717) is 5.56 Å². The van der Waals surface area contributed by atoms with E-state index < -0.39 is 6.09 Å². The van der Waals surface area contributed by atoms with E-state index in [2.05, 4.69) is 10.3 Å². The van der Waals surface area contributed by atoms with Crippen LogP contribution in [-0.4, -0.2) is 21.3 Å². The number of hydrogen-bond donors (Lipinski definition) is 3. The number of amides is 1. The molecule has 0 spiro atoms. The van der Waals surface area contributed by atoms with Crippen LogP contribution < -0.4 is 5.32 Å². The topological polar surface area (TPSA) is 82.5 Å². The summed E-state index contributed by atoms with van der Waals surface area (Å²) < 4.78 is 0. The third kappa shape index (κ3) is 2.21. The van der Waals surface area contributed by atoms with Gasteiger partial charge in [-0.3, -0.25) is 5.32 Å². The molecule has 0 unspecified atom stereocenters. The minimum Gasteiger partial charge on any atom is -0.465 e. The van der Waals surface area contributed by atoms with Crippen LogP contribution >= 0.6 is 0 Å². The van der Waals surface area contributed by atoms with Crippen LogP contribution in [0.15, 0.2) is 18.3 Å². The molecule has 1 rings (SSSR count). The lowest BCUT2D eigenvalue weighted by Gasteiger charge is -1.99. The van der Waals surface area contributed by atoms with Gasteiger partial charge in [0.15, 0.2) is 0 Å². The molecule has 0 radical (unpaired) electrons. The van der Waals surface area contributed by atoms with Crippen molar-refractivity contribution in [2.24, 2.45) is 0 Å². The van der Waals surface area contributed by atoms with Gasteiger partial charge in [0, 0.05) is 6.20 Å². The highest BCUT2D eigenvalue weighted by Crippen LogP contribution is 2.04. The van der Waals surface area contributed by atoms with Crippen molar-refractivity contribution >= 4 is 11.9 Å². The molecule has 0 aliphatic heterocycles. The first-order chi connectivity index (χ1) is 5.72. The fraction of sp³-hybridized carbons (Fsp3) is 0.143. The number of anilines is 1. The number of aliphatic hydroxyl groups excluding tert-OH is 1. The quantitative estimate of drug-likeness (QED) is 0.605. The van der Waals surface area contributed by atoms with Crippen molar-refractivity contribution in [3.05, 3.63) is 23.9 Å². The van der Waals surface area contributed by atoms with Gasteiger partial charge in [-0.05, 0) is 11.6 Å². The Balaban J connectivity index is 2.71. The largest absolute Gasteiger partial charge is 0.465 e. The standard InChI is InChI=1S/C7H8N2O3/c10-4-5-1-2-6(8-3-5)9-7(11)12/h1-3,10H,4H2,(H,8,9)(H,11,12). The summed E-state index contributed by atoms with van der Waals surface area (Å²) in [5.74, 6) is 0.250. The highest BCUT2D eigenvalue weighted by Gasteiger charge is 1.97. The zero-order valence-corrected chi connectivity index (χ0v) is 6.19.